The lowest BCUT2D eigenvalue weighted by molar-refractivity contribution is 0.163. The Balaban J connectivity index is 3.07. The highest BCUT2D eigenvalue weighted by Gasteiger charge is 2.52. The number of nitrogens with zero attached hydrogens (tertiary/aromatic N) is 4. The third-order valence-electron chi connectivity index (χ3n) is 3.28. The van der Waals surface area contributed by atoms with Crippen molar-refractivity contribution in [1.29, 1.82) is 10.5 Å². The summed E-state index contributed by atoms with van der Waals surface area (Å²) in [4.78, 5) is 6.45. The van der Waals surface area contributed by atoms with Crippen LogP contribution in [0.2, 0.25) is 0 Å². The first-order valence-corrected chi connectivity index (χ1v) is 4.80. The number of allylic oxidation sites excluding steroid dienone is 2. The zero-order chi connectivity index (χ0) is 12.3. The molecule has 1 fully saturated rings. The van der Waals surface area contributed by atoms with E-state index in [0.29, 0.717) is 6.42 Å². The van der Waals surface area contributed by atoms with Crippen molar-refractivity contribution in [1.82, 2.24) is 0 Å². The molecule has 2 atom stereocenters. The van der Waals surface area contributed by atoms with Crippen molar-refractivity contribution in [2.24, 2.45) is 11.3 Å². The second-order valence-electron chi connectivity index (χ2n) is 4.29. The van der Waals surface area contributed by atoms with Crippen molar-refractivity contribution >= 4 is 0 Å². The van der Waals surface area contributed by atoms with Crippen molar-refractivity contribution in [2.45, 2.75) is 26.3 Å². The van der Waals surface area contributed by atoms with Crippen LogP contribution < -0.4 is 0 Å². The lowest BCUT2D eigenvalue weighted by Gasteiger charge is -2.46. The Morgan fingerprint density at radius 3 is 2.44 bits per heavy atom. The van der Waals surface area contributed by atoms with E-state index in [1.165, 1.54) is 0 Å². The summed E-state index contributed by atoms with van der Waals surface area (Å²) in [7, 11) is 0. The fourth-order valence-corrected chi connectivity index (χ4v) is 2.11. The summed E-state index contributed by atoms with van der Waals surface area (Å²) in [5.41, 5.74) is 0.502. The predicted octanol–water partition coefficient (Wildman–Crippen LogP) is 2.54. The van der Waals surface area contributed by atoms with Crippen LogP contribution in [0.5, 0.6) is 0 Å². The van der Waals surface area contributed by atoms with Crippen molar-refractivity contribution in [3.63, 3.8) is 0 Å². The molecule has 0 aliphatic heterocycles. The van der Waals surface area contributed by atoms with Crippen LogP contribution in [0.15, 0.2) is 11.3 Å². The van der Waals surface area contributed by atoms with Gasteiger partial charge in [0, 0.05) is 0 Å². The van der Waals surface area contributed by atoms with Gasteiger partial charge in [-0.2, -0.15) is 5.26 Å². The smallest absolute Gasteiger partial charge is 0.297 e. The second-order valence-corrected chi connectivity index (χ2v) is 4.29. The van der Waals surface area contributed by atoms with Gasteiger partial charge in [0.05, 0.1) is 18.6 Å². The standard InChI is InChI=1S/C12H10N4/c1-12(2)8(10(6-13)15-3)5-9(12)11(7-14)16-4/h8,10H,5H2,1-2H3/b11-9+. The summed E-state index contributed by atoms with van der Waals surface area (Å²) in [6.45, 7) is 17.6. The molecule has 1 aliphatic carbocycles. The predicted molar refractivity (Wildman–Crippen MR) is 57.1 cm³/mol. The van der Waals surface area contributed by atoms with Gasteiger partial charge in [0.25, 0.3) is 5.70 Å². The van der Waals surface area contributed by atoms with Gasteiger partial charge in [0.1, 0.15) is 0 Å². The Morgan fingerprint density at radius 2 is 2.12 bits per heavy atom. The fraction of sp³-hybridized carbons (Fsp3) is 0.500. The molecule has 1 saturated carbocycles. The SMILES string of the molecule is [C-]#[N+]/C(C#N)=C1\CC(C(C#N)[N+]#[C-])C1(C)C. The minimum Gasteiger partial charge on any atom is -0.297 e. The summed E-state index contributed by atoms with van der Waals surface area (Å²) >= 11 is 0. The molecule has 78 valence electrons. The van der Waals surface area contributed by atoms with Gasteiger partial charge in [0.2, 0.25) is 0 Å². The molecule has 2 unspecified atom stereocenters. The molecule has 0 heterocycles. The van der Waals surface area contributed by atoms with Crippen LogP contribution >= 0.6 is 0 Å². The minimum absolute atomic E-state index is 0.0740. The van der Waals surface area contributed by atoms with Gasteiger partial charge in [-0.1, -0.05) is 13.8 Å². The van der Waals surface area contributed by atoms with Crippen LogP contribution in [0, 0.1) is 47.1 Å². The first-order valence-electron chi connectivity index (χ1n) is 4.80. The Labute approximate surface area is 95.0 Å². The highest BCUT2D eigenvalue weighted by Crippen LogP contribution is 2.54. The molecule has 4 heteroatoms. The molecule has 1 rings (SSSR count). The maximum absolute atomic E-state index is 8.83. The van der Waals surface area contributed by atoms with Crippen LogP contribution in [0.1, 0.15) is 20.3 Å². The van der Waals surface area contributed by atoms with Crippen molar-refractivity contribution in [3.8, 4) is 12.1 Å². The molecule has 0 aromatic rings. The topological polar surface area (TPSA) is 56.3 Å². The first kappa shape index (κ1) is 11.8. The van der Waals surface area contributed by atoms with Crippen LogP contribution in [-0.2, 0) is 0 Å². The molecule has 1 aliphatic rings. The number of nitriles is 2. The molecule has 0 spiro atoms. The molecular weight excluding hydrogens is 200 g/mol. The van der Waals surface area contributed by atoms with Gasteiger partial charge in [-0.15, -0.1) is 0 Å². The maximum atomic E-state index is 8.83. The third-order valence-corrected chi connectivity index (χ3v) is 3.28. The van der Waals surface area contributed by atoms with Gasteiger partial charge in [0.15, 0.2) is 6.07 Å². The van der Waals surface area contributed by atoms with E-state index in [9.17, 15) is 0 Å². The first-order chi connectivity index (χ1) is 7.52. The monoisotopic (exact) mass is 210 g/mol. The van der Waals surface area contributed by atoms with Gasteiger partial charge in [-0.3, -0.25) is 4.85 Å². The number of hydrogen-bond donors (Lipinski definition) is 0. The quantitative estimate of drug-likeness (QED) is 0.493. The third kappa shape index (κ3) is 1.52. The Kier molecular flexibility index (Phi) is 2.99. The molecule has 4 nitrogen and oxygen atoms in total. The second kappa shape index (κ2) is 4.06. The van der Waals surface area contributed by atoms with E-state index in [4.69, 9.17) is 23.7 Å². The summed E-state index contributed by atoms with van der Waals surface area (Å²) in [6.07, 6.45) is 0.513. The molecule has 16 heavy (non-hydrogen) atoms. The summed E-state index contributed by atoms with van der Waals surface area (Å²) in [5.74, 6) is -0.0740. The van der Waals surface area contributed by atoms with E-state index in [1.807, 2.05) is 26.0 Å². The van der Waals surface area contributed by atoms with Gasteiger partial charge < -0.3 is 0 Å². The zero-order valence-electron chi connectivity index (χ0n) is 9.15. The maximum Gasteiger partial charge on any atom is 0.310 e. The molecule has 0 saturated heterocycles. The van der Waals surface area contributed by atoms with Gasteiger partial charge >= 0.3 is 6.04 Å². The fourth-order valence-electron chi connectivity index (χ4n) is 2.11. The zero-order valence-corrected chi connectivity index (χ0v) is 9.15. The highest BCUT2D eigenvalue weighted by molar-refractivity contribution is 5.42. The Morgan fingerprint density at radius 1 is 1.50 bits per heavy atom. The molecule has 0 aromatic carbocycles. The summed E-state index contributed by atoms with van der Waals surface area (Å²) in [5, 5.41) is 17.6. The van der Waals surface area contributed by atoms with Crippen molar-refractivity contribution in [3.05, 3.63) is 34.1 Å². The van der Waals surface area contributed by atoms with Crippen LogP contribution in [0.25, 0.3) is 9.69 Å². The van der Waals surface area contributed by atoms with Gasteiger partial charge in [-0.25, -0.2) is 16.7 Å². The van der Waals surface area contributed by atoms with E-state index in [0.717, 1.165) is 5.57 Å². The van der Waals surface area contributed by atoms with Crippen molar-refractivity contribution < 1.29 is 0 Å². The Hall–Kier alpha value is -2.30. The van der Waals surface area contributed by atoms with E-state index < -0.39 is 6.04 Å². The van der Waals surface area contributed by atoms with Crippen LogP contribution in [0.4, 0.5) is 0 Å². The molecule has 0 bridgehead atoms. The molecule has 0 aromatic heterocycles. The number of rotatable bonds is 1. The average molecular weight is 210 g/mol. The van der Waals surface area contributed by atoms with E-state index in [2.05, 4.69) is 9.69 Å². The van der Waals surface area contributed by atoms with Gasteiger partial charge in [-0.05, 0) is 17.4 Å². The average Bonchev–Trinajstić information content (AvgIpc) is 2.28. The summed E-state index contributed by atoms with van der Waals surface area (Å²) < 4.78 is 0. The Bertz CT molecular complexity index is 469. The molecule has 0 amide bonds. The van der Waals surface area contributed by atoms with E-state index in [1.54, 1.807) is 0 Å². The molecule has 0 N–H and O–H groups in total. The molecular formula is C12H10N4. The minimum atomic E-state index is -0.676. The van der Waals surface area contributed by atoms with E-state index >= 15 is 0 Å². The van der Waals surface area contributed by atoms with Crippen LogP contribution in [-0.4, -0.2) is 6.04 Å². The lowest BCUT2D eigenvalue weighted by atomic mass is 9.56. The summed E-state index contributed by atoms with van der Waals surface area (Å²) in [6, 6.07) is 3.16. The normalized spacial score (nSPS) is 26.0. The highest BCUT2D eigenvalue weighted by atomic mass is 14.8. The largest absolute Gasteiger partial charge is 0.310 e. The van der Waals surface area contributed by atoms with Crippen LogP contribution in [0.3, 0.4) is 0 Å². The van der Waals surface area contributed by atoms with E-state index in [-0.39, 0.29) is 17.0 Å². The van der Waals surface area contributed by atoms with Crippen molar-refractivity contribution in [2.75, 3.05) is 0 Å². The lowest BCUT2D eigenvalue weighted by Crippen LogP contribution is -2.44. The molecule has 0 radical (unpaired) electrons. The number of hydrogen-bond acceptors (Lipinski definition) is 2.